The Morgan fingerprint density at radius 2 is 1.82 bits per heavy atom. The molecule has 0 aromatic carbocycles. The van der Waals surface area contributed by atoms with E-state index < -0.39 is 49.7 Å². The highest BCUT2D eigenvalue weighted by atomic mass is 32.1. The number of hydrogen-bond acceptors (Lipinski definition) is 11. The van der Waals surface area contributed by atoms with Gasteiger partial charge in [0.25, 0.3) is 0 Å². The van der Waals surface area contributed by atoms with Crippen molar-refractivity contribution in [2.75, 3.05) is 12.3 Å². The van der Waals surface area contributed by atoms with Gasteiger partial charge in [0.15, 0.2) is 32.4 Å². The van der Waals surface area contributed by atoms with Gasteiger partial charge in [0.1, 0.15) is 6.10 Å². The highest BCUT2D eigenvalue weighted by Gasteiger charge is 2.52. The normalized spacial score (nSPS) is 23.6. The Kier molecular flexibility index (Phi) is 6.99. The van der Waals surface area contributed by atoms with E-state index in [2.05, 4.69) is 43.8 Å². The summed E-state index contributed by atoms with van der Waals surface area (Å²) in [6.07, 6.45) is -2.51. The van der Waals surface area contributed by atoms with Gasteiger partial charge in [0, 0.05) is 13.8 Å². The van der Waals surface area contributed by atoms with Crippen molar-refractivity contribution in [3.8, 4) is 0 Å². The van der Waals surface area contributed by atoms with Crippen LogP contribution >= 0.6 is 11.3 Å². The number of ether oxygens (including phenoxy) is 3. The Morgan fingerprint density at radius 3 is 2.39 bits per heavy atom. The number of carbonyl (C=O) groups excluding carboxylic acids is 2. The van der Waals surface area contributed by atoms with Crippen molar-refractivity contribution in [1.82, 2.24) is 14.5 Å². The van der Waals surface area contributed by atoms with Gasteiger partial charge >= 0.3 is 16.8 Å². The first-order valence-corrected chi connectivity index (χ1v) is 14.2. The lowest BCUT2D eigenvalue weighted by Crippen LogP contribution is -2.46. The van der Waals surface area contributed by atoms with Gasteiger partial charge in [-0.25, -0.2) is 4.98 Å². The summed E-state index contributed by atoms with van der Waals surface area (Å²) >= 11 is 0.907. The minimum absolute atomic E-state index is 0.0228. The molecule has 2 aromatic heterocycles. The summed E-state index contributed by atoms with van der Waals surface area (Å²) < 4.78 is 25.3. The van der Waals surface area contributed by atoms with Crippen LogP contribution in [0.1, 0.15) is 40.8 Å². The molecule has 3 rings (SSSR count). The number of hydrogen-bond donors (Lipinski definition) is 1. The molecule has 0 unspecified atom stereocenters. The topological polar surface area (TPSA) is 145 Å². The third-order valence-corrected chi connectivity index (χ3v) is 11.3. The molecule has 11 nitrogen and oxygen atoms in total. The minimum Gasteiger partial charge on any atom is -0.456 e. The SMILES string of the molecule is CC(=O)O[C@@H]1[C@H](OC(C)=O)[C@@H](CO[Si](C)(C)C(C)(C)C)O[C@H]1n1c(=O)sc2cnc(N)nc21. The first kappa shape index (κ1) is 25.3. The maximum absolute atomic E-state index is 12.9. The lowest BCUT2D eigenvalue weighted by molar-refractivity contribution is -0.165. The van der Waals surface area contributed by atoms with E-state index in [-0.39, 0.29) is 23.2 Å². The van der Waals surface area contributed by atoms with Gasteiger partial charge in [-0.2, -0.15) is 4.98 Å². The van der Waals surface area contributed by atoms with E-state index in [0.717, 1.165) is 11.3 Å². The van der Waals surface area contributed by atoms with E-state index in [1.165, 1.54) is 24.6 Å². The summed E-state index contributed by atoms with van der Waals surface area (Å²) in [6.45, 7) is 13.1. The van der Waals surface area contributed by atoms with Crippen LogP contribution in [-0.2, 0) is 28.2 Å². The van der Waals surface area contributed by atoms with E-state index in [9.17, 15) is 14.4 Å². The van der Waals surface area contributed by atoms with Crippen molar-refractivity contribution in [3.63, 3.8) is 0 Å². The first-order chi connectivity index (χ1) is 15.2. The van der Waals surface area contributed by atoms with Crippen LogP contribution in [-0.4, -0.2) is 59.7 Å². The smallest absolute Gasteiger partial charge is 0.311 e. The number of nitrogens with zero attached hydrogens (tertiary/aromatic N) is 3. The van der Waals surface area contributed by atoms with Crippen molar-refractivity contribution >= 4 is 47.9 Å². The predicted molar refractivity (Wildman–Crippen MR) is 124 cm³/mol. The zero-order valence-electron chi connectivity index (χ0n) is 19.8. The average Bonchev–Trinajstić information content (AvgIpc) is 3.15. The summed E-state index contributed by atoms with van der Waals surface area (Å²) in [5.41, 5.74) is 5.97. The molecule has 1 aliphatic heterocycles. The van der Waals surface area contributed by atoms with Crippen LogP contribution in [0.25, 0.3) is 10.3 Å². The maximum atomic E-state index is 12.9. The van der Waals surface area contributed by atoms with Crippen LogP contribution in [0.5, 0.6) is 0 Å². The fourth-order valence-corrected chi connectivity index (χ4v) is 5.11. The molecule has 0 spiro atoms. The van der Waals surface area contributed by atoms with Gasteiger partial charge in [-0.1, -0.05) is 32.1 Å². The Bertz CT molecular complexity index is 1110. The highest BCUT2D eigenvalue weighted by molar-refractivity contribution is 7.16. The summed E-state index contributed by atoms with van der Waals surface area (Å²) in [5, 5.41) is -0.0633. The number of fused-ring (bicyclic) bond motifs is 1. The zero-order valence-corrected chi connectivity index (χ0v) is 21.6. The number of thiazole rings is 1. The predicted octanol–water partition coefficient (Wildman–Crippen LogP) is 2.22. The van der Waals surface area contributed by atoms with Gasteiger partial charge < -0.3 is 24.4 Å². The number of aromatic nitrogens is 3. The molecule has 13 heteroatoms. The van der Waals surface area contributed by atoms with Gasteiger partial charge in [-0.05, 0) is 18.1 Å². The molecule has 1 fully saturated rings. The van der Waals surface area contributed by atoms with Crippen molar-refractivity contribution in [3.05, 3.63) is 15.9 Å². The molecular formula is C20H30N4O7SSi. The first-order valence-electron chi connectivity index (χ1n) is 10.5. The van der Waals surface area contributed by atoms with Gasteiger partial charge in [-0.3, -0.25) is 19.0 Å². The lowest BCUT2D eigenvalue weighted by Gasteiger charge is -2.37. The summed E-state index contributed by atoms with van der Waals surface area (Å²) in [4.78, 5) is 44.4. The van der Waals surface area contributed by atoms with E-state index in [0.29, 0.717) is 4.70 Å². The van der Waals surface area contributed by atoms with Crippen molar-refractivity contribution < 1.29 is 28.2 Å². The zero-order chi connectivity index (χ0) is 24.7. The molecule has 0 saturated carbocycles. The van der Waals surface area contributed by atoms with Gasteiger partial charge in [-0.15, -0.1) is 0 Å². The third kappa shape index (κ3) is 5.26. The van der Waals surface area contributed by atoms with Crippen molar-refractivity contribution in [2.45, 2.75) is 77.3 Å². The van der Waals surface area contributed by atoms with Gasteiger partial charge in [0.2, 0.25) is 5.95 Å². The molecule has 0 amide bonds. The molecule has 182 valence electrons. The quantitative estimate of drug-likeness (QED) is 0.465. The van der Waals surface area contributed by atoms with E-state index >= 15 is 0 Å². The second-order valence-electron chi connectivity index (χ2n) is 9.44. The summed E-state index contributed by atoms with van der Waals surface area (Å²) in [6, 6.07) is 0. The molecule has 1 saturated heterocycles. The number of nitrogens with two attached hydrogens (primary N) is 1. The Balaban J connectivity index is 2.04. The molecule has 4 atom stereocenters. The van der Waals surface area contributed by atoms with Crippen molar-refractivity contribution in [2.24, 2.45) is 0 Å². The van der Waals surface area contributed by atoms with E-state index in [1.54, 1.807) is 0 Å². The number of carbonyl (C=O) groups is 2. The molecule has 3 heterocycles. The monoisotopic (exact) mass is 498 g/mol. The fraction of sp³-hybridized carbons (Fsp3) is 0.650. The summed E-state index contributed by atoms with van der Waals surface area (Å²) in [7, 11) is -2.18. The van der Waals surface area contributed by atoms with Crippen LogP contribution in [0.2, 0.25) is 18.1 Å². The van der Waals surface area contributed by atoms with Crippen LogP contribution in [0.4, 0.5) is 5.95 Å². The Labute approximate surface area is 196 Å². The minimum atomic E-state index is -2.18. The lowest BCUT2D eigenvalue weighted by atomic mass is 10.1. The van der Waals surface area contributed by atoms with E-state index in [4.69, 9.17) is 24.4 Å². The largest absolute Gasteiger partial charge is 0.456 e. The molecule has 2 N–H and O–H groups in total. The maximum Gasteiger partial charge on any atom is 0.311 e. The summed E-state index contributed by atoms with van der Waals surface area (Å²) in [5.74, 6) is -1.21. The van der Waals surface area contributed by atoms with Crippen LogP contribution in [0.3, 0.4) is 0 Å². The number of rotatable bonds is 6. The highest BCUT2D eigenvalue weighted by Crippen LogP contribution is 2.39. The fourth-order valence-electron chi connectivity index (χ4n) is 3.28. The van der Waals surface area contributed by atoms with Crippen LogP contribution < -0.4 is 10.6 Å². The molecule has 1 aliphatic rings. The average molecular weight is 499 g/mol. The Morgan fingerprint density at radius 1 is 1.21 bits per heavy atom. The molecule has 0 radical (unpaired) electrons. The number of nitrogen functional groups attached to an aromatic ring is 1. The van der Waals surface area contributed by atoms with E-state index in [1.807, 2.05) is 0 Å². The molecule has 0 aliphatic carbocycles. The van der Waals surface area contributed by atoms with Gasteiger partial charge in [0.05, 0.1) is 17.5 Å². The molecule has 0 bridgehead atoms. The van der Waals surface area contributed by atoms with Crippen LogP contribution in [0.15, 0.2) is 11.0 Å². The van der Waals surface area contributed by atoms with Crippen LogP contribution in [0, 0.1) is 0 Å². The second kappa shape index (κ2) is 9.12. The van der Waals surface area contributed by atoms with Crippen molar-refractivity contribution in [1.29, 1.82) is 0 Å². The molecule has 2 aromatic rings. The number of esters is 2. The third-order valence-electron chi connectivity index (χ3n) is 5.94. The Hall–Kier alpha value is -2.35. The number of anilines is 1. The second-order valence-corrected chi connectivity index (χ2v) is 15.2. The molecular weight excluding hydrogens is 468 g/mol. The standard InChI is InChI=1S/C20H30N4O7SSi/c1-10(25)29-14-12(9-28-33(6,7)20(3,4)5)31-17(15(14)30-11(2)26)24-16-13(32-19(24)27)8-22-18(21)23-16/h8,12,14-15,17H,9H2,1-7H3,(H2,21,22,23)/t12-,14-,15-,17-/m1/s1. The molecule has 33 heavy (non-hydrogen) atoms.